The molecule has 0 radical (unpaired) electrons. The summed E-state index contributed by atoms with van der Waals surface area (Å²) < 4.78 is 19.1. The lowest BCUT2D eigenvalue weighted by Crippen LogP contribution is -2.45. The molecule has 1 aromatic rings. The summed E-state index contributed by atoms with van der Waals surface area (Å²) in [5, 5.41) is 9.00. The number of halogens is 1. The van der Waals surface area contributed by atoms with Gasteiger partial charge in [0.15, 0.2) is 11.6 Å². The van der Waals surface area contributed by atoms with E-state index in [1.807, 2.05) is 0 Å². The van der Waals surface area contributed by atoms with Crippen LogP contribution >= 0.6 is 0 Å². The van der Waals surface area contributed by atoms with Crippen LogP contribution in [-0.2, 0) is 9.59 Å². The number of hydrogen-bond acceptors (Lipinski definition) is 4. The number of likely N-dealkylation sites (tertiary alicyclic amines) is 1. The Bertz CT molecular complexity index is 686. The second kappa shape index (κ2) is 8.64. The number of carboxylic acid groups (broad SMARTS) is 1. The number of carboxylic acids is 1. The van der Waals surface area contributed by atoms with Gasteiger partial charge in [0, 0.05) is 20.1 Å². The third kappa shape index (κ3) is 4.50. The van der Waals surface area contributed by atoms with Crippen molar-refractivity contribution in [2.45, 2.75) is 19.8 Å². The molecule has 142 valence electrons. The van der Waals surface area contributed by atoms with Crippen molar-refractivity contribution in [3.63, 3.8) is 0 Å². The molecule has 8 heteroatoms. The van der Waals surface area contributed by atoms with Gasteiger partial charge in [-0.25, -0.2) is 4.39 Å². The molecule has 7 nitrogen and oxygen atoms in total. The molecular weight excluding hydrogens is 343 g/mol. The Morgan fingerprint density at radius 2 is 1.96 bits per heavy atom. The minimum Gasteiger partial charge on any atom is -0.490 e. The maximum absolute atomic E-state index is 13.9. The average Bonchev–Trinajstić information content (AvgIpc) is 2.62. The fraction of sp³-hybridized carbons (Fsp3) is 0.500. The van der Waals surface area contributed by atoms with E-state index in [0.717, 1.165) is 0 Å². The number of hydrogen-bond donors (Lipinski definition) is 1. The molecule has 1 aliphatic heterocycles. The third-order valence-electron chi connectivity index (χ3n) is 4.40. The van der Waals surface area contributed by atoms with E-state index in [1.165, 1.54) is 30.1 Å². The molecule has 0 aromatic heterocycles. The SMILES string of the molecule is CCOc1c(F)cccc1C(=O)N(C)CC(=O)N1CCC(C(=O)O)CC1. The van der Waals surface area contributed by atoms with E-state index < -0.39 is 23.6 Å². The van der Waals surface area contributed by atoms with Gasteiger partial charge in [0.25, 0.3) is 5.91 Å². The number of carbonyl (C=O) groups excluding carboxylic acids is 2. The minimum absolute atomic E-state index is 0.0618. The molecular formula is C18H23FN2O5. The van der Waals surface area contributed by atoms with Crippen molar-refractivity contribution in [3.05, 3.63) is 29.6 Å². The summed E-state index contributed by atoms with van der Waals surface area (Å²) in [7, 11) is 1.46. The van der Waals surface area contributed by atoms with Gasteiger partial charge in [-0.15, -0.1) is 0 Å². The van der Waals surface area contributed by atoms with Crippen LogP contribution in [0.2, 0.25) is 0 Å². The van der Waals surface area contributed by atoms with Gasteiger partial charge in [-0.2, -0.15) is 0 Å². The summed E-state index contributed by atoms with van der Waals surface area (Å²) in [5.74, 6) is -2.81. The molecule has 1 heterocycles. The molecule has 1 saturated heterocycles. The Hall–Kier alpha value is -2.64. The number of ether oxygens (including phenoxy) is 1. The Morgan fingerprint density at radius 1 is 1.31 bits per heavy atom. The number of piperidine rings is 1. The van der Waals surface area contributed by atoms with Crippen LogP contribution < -0.4 is 4.74 Å². The number of aliphatic carboxylic acids is 1. The van der Waals surface area contributed by atoms with Crippen LogP contribution in [0.4, 0.5) is 4.39 Å². The van der Waals surface area contributed by atoms with Crippen LogP contribution in [0.15, 0.2) is 18.2 Å². The fourth-order valence-corrected chi connectivity index (χ4v) is 2.92. The normalized spacial score (nSPS) is 14.8. The number of amides is 2. The third-order valence-corrected chi connectivity index (χ3v) is 4.40. The first-order valence-electron chi connectivity index (χ1n) is 8.52. The number of para-hydroxylation sites is 1. The Morgan fingerprint density at radius 3 is 2.54 bits per heavy atom. The van der Waals surface area contributed by atoms with Crippen molar-refractivity contribution in [3.8, 4) is 5.75 Å². The van der Waals surface area contributed by atoms with Crippen molar-refractivity contribution in [1.82, 2.24) is 9.80 Å². The highest BCUT2D eigenvalue weighted by atomic mass is 19.1. The summed E-state index contributed by atoms with van der Waals surface area (Å²) in [6, 6.07) is 4.08. The van der Waals surface area contributed by atoms with Crippen LogP contribution in [0.3, 0.4) is 0 Å². The van der Waals surface area contributed by atoms with Gasteiger partial charge in [0.1, 0.15) is 0 Å². The largest absolute Gasteiger partial charge is 0.490 e. The first-order chi connectivity index (χ1) is 12.3. The maximum atomic E-state index is 13.9. The minimum atomic E-state index is -0.848. The summed E-state index contributed by atoms with van der Waals surface area (Å²) in [6.45, 7) is 2.43. The number of nitrogens with zero attached hydrogens (tertiary/aromatic N) is 2. The predicted octanol–water partition coefficient (Wildman–Crippen LogP) is 1.62. The number of likely N-dealkylation sites (N-methyl/N-ethyl adjacent to an activating group) is 1. The molecule has 1 fully saturated rings. The van der Waals surface area contributed by atoms with Crippen LogP contribution in [0.5, 0.6) is 5.75 Å². The lowest BCUT2D eigenvalue weighted by molar-refractivity contribution is -0.145. The van der Waals surface area contributed by atoms with E-state index >= 15 is 0 Å². The second-order valence-corrected chi connectivity index (χ2v) is 6.20. The van der Waals surface area contributed by atoms with E-state index in [2.05, 4.69) is 0 Å². The predicted molar refractivity (Wildman–Crippen MR) is 91.5 cm³/mol. The first kappa shape index (κ1) is 19.7. The topological polar surface area (TPSA) is 87.2 Å². The summed E-state index contributed by atoms with van der Waals surface area (Å²) in [6.07, 6.45) is 0.800. The van der Waals surface area contributed by atoms with E-state index in [9.17, 15) is 18.8 Å². The lowest BCUT2D eigenvalue weighted by Gasteiger charge is -2.31. The standard InChI is InChI=1S/C18H23FN2O5/c1-3-26-16-13(5-4-6-14(16)19)17(23)20(2)11-15(22)21-9-7-12(8-10-21)18(24)25/h4-6,12H,3,7-11H2,1-2H3,(H,24,25). The molecule has 0 bridgehead atoms. The van der Waals surface area contributed by atoms with Gasteiger partial charge in [-0.1, -0.05) is 6.07 Å². The van der Waals surface area contributed by atoms with Crippen molar-refractivity contribution in [2.75, 3.05) is 33.3 Å². The zero-order valence-corrected chi connectivity index (χ0v) is 14.9. The van der Waals surface area contributed by atoms with Crippen LogP contribution in [0.1, 0.15) is 30.1 Å². The highest BCUT2D eigenvalue weighted by Gasteiger charge is 2.28. The molecule has 1 aliphatic rings. The number of carbonyl (C=O) groups is 3. The molecule has 0 unspecified atom stereocenters. The van der Waals surface area contributed by atoms with E-state index in [1.54, 1.807) is 11.8 Å². The Kier molecular flexibility index (Phi) is 6.54. The van der Waals surface area contributed by atoms with Gasteiger partial charge >= 0.3 is 5.97 Å². The average molecular weight is 366 g/mol. The van der Waals surface area contributed by atoms with Gasteiger partial charge in [-0.3, -0.25) is 14.4 Å². The molecule has 26 heavy (non-hydrogen) atoms. The number of rotatable bonds is 6. The van der Waals surface area contributed by atoms with Gasteiger partial charge in [-0.05, 0) is 31.9 Å². The molecule has 2 amide bonds. The van der Waals surface area contributed by atoms with Gasteiger partial charge in [0.2, 0.25) is 5.91 Å². The molecule has 0 aliphatic carbocycles. The van der Waals surface area contributed by atoms with Crippen LogP contribution in [-0.4, -0.2) is 66.0 Å². The zero-order chi connectivity index (χ0) is 19.3. The van der Waals surface area contributed by atoms with Gasteiger partial charge < -0.3 is 19.6 Å². The smallest absolute Gasteiger partial charge is 0.306 e. The van der Waals surface area contributed by atoms with Crippen molar-refractivity contribution >= 4 is 17.8 Å². The van der Waals surface area contributed by atoms with Crippen molar-refractivity contribution in [1.29, 1.82) is 0 Å². The highest BCUT2D eigenvalue weighted by Crippen LogP contribution is 2.24. The van der Waals surface area contributed by atoms with E-state index in [0.29, 0.717) is 25.9 Å². The maximum Gasteiger partial charge on any atom is 0.306 e. The molecule has 0 saturated carbocycles. The first-order valence-corrected chi connectivity index (χ1v) is 8.52. The van der Waals surface area contributed by atoms with Crippen LogP contribution in [0.25, 0.3) is 0 Å². The summed E-state index contributed by atoms with van der Waals surface area (Å²) in [4.78, 5) is 38.7. The highest BCUT2D eigenvalue weighted by molar-refractivity contribution is 5.98. The van der Waals surface area contributed by atoms with Gasteiger partial charge in [0.05, 0.1) is 24.6 Å². The quantitative estimate of drug-likeness (QED) is 0.827. The zero-order valence-electron chi connectivity index (χ0n) is 14.9. The van der Waals surface area contributed by atoms with Crippen molar-refractivity contribution in [2.24, 2.45) is 5.92 Å². The lowest BCUT2D eigenvalue weighted by atomic mass is 9.97. The molecule has 1 aromatic carbocycles. The molecule has 2 rings (SSSR count). The fourth-order valence-electron chi connectivity index (χ4n) is 2.92. The molecule has 1 N–H and O–H groups in total. The molecule has 0 atom stereocenters. The van der Waals surface area contributed by atoms with E-state index in [4.69, 9.17) is 9.84 Å². The van der Waals surface area contributed by atoms with Crippen molar-refractivity contribution < 1.29 is 28.6 Å². The Labute approximate surface area is 151 Å². The van der Waals surface area contributed by atoms with Crippen LogP contribution in [0, 0.1) is 11.7 Å². The number of benzene rings is 1. The molecule has 0 spiro atoms. The monoisotopic (exact) mass is 366 g/mol. The van der Waals surface area contributed by atoms with E-state index in [-0.39, 0.29) is 30.4 Å². The Balaban J connectivity index is 2.00. The second-order valence-electron chi connectivity index (χ2n) is 6.20. The summed E-state index contributed by atoms with van der Waals surface area (Å²) >= 11 is 0. The summed E-state index contributed by atoms with van der Waals surface area (Å²) in [5.41, 5.74) is 0.0618.